The maximum absolute atomic E-state index is 12.0. The quantitative estimate of drug-likeness (QED) is 0.841. The van der Waals surface area contributed by atoms with E-state index >= 15 is 0 Å². The molecular formula is C18H20N2O5. The SMILES string of the molecule is Cc1ccc(C(=O)OCC(=O)NC(C)c2ccc3c(c2)OCO3)n1C. The average Bonchev–Trinajstić information content (AvgIpc) is 3.19. The Morgan fingerprint density at radius 1 is 1.24 bits per heavy atom. The highest BCUT2D eigenvalue weighted by atomic mass is 16.7. The van der Waals surface area contributed by atoms with E-state index in [9.17, 15) is 9.59 Å². The highest BCUT2D eigenvalue weighted by Crippen LogP contribution is 2.34. The Morgan fingerprint density at radius 3 is 2.72 bits per heavy atom. The van der Waals surface area contributed by atoms with E-state index in [0.29, 0.717) is 17.2 Å². The first-order valence-corrected chi connectivity index (χ1v) is 7.94. The Bertz CT molecular complexity index is 812. The molecule has 2 heterocycles. The minimum absolute atomic E-state index is 0.202. The van der Waals surface area contributed by atoms with Gasteiger partial charge in [-0.25, -0.2) is 4.79 Å². The first kappa shape index (κ1) is 16.9. The molecule has 0 fully saturated rings. The molecule has 1 N–H and O–H groups in total. The number of nitrogens with zero attached hydrogens (tertiary/aromatic N) is 1. The molecule has 3 rings (SSSR count). The number of rotatable bonds is 5. The summed E-state index contributed by atoms with van der Waals surface area (Å²) in [5.74, 6) is 0.448. The van der Waals surface area contributed by atoms with Gasteiger partial charge in [-0.15, -0.1) is 0 Å². The van der Waals surface area contributed by atoms with Crippen LogP contribution in [0.2, 0.25) is 0 Å². The molecule has 1 aromatic carbocycles. The van der Waals surface area contributed by atoms with Gasteiger partial charge in [0, 0.05) is 12.7 Å². The van der Waals surface area contributed by atoms with Crippen LogP contribution in [0.25, 0.3) is 0 Å². The summed E-state index contributed by atoms with van der Waals surface area (Å²) >= 11 is 0. The van der Waals surface area contributed by atoms with Gasteiger partial charge in [0.1, 0.15) is 5.69 Å². The minimum atomic E-state index is -0.526. The lowest BCUT2D eigenvalue weighted by molar-refractivity contribution is -0.124. The average molecular weight is 344 g/mol. The fraction of sp³-hybridized carbons (Fsp3) is 0.333. The normalized spacial score (nSPS) is 13.4. The van der Waals surface area contributed by atoms with Crippen molar-refractivity contribution in [1.82, 2.24) is 9.88 Å². The minimum Gasteiger partial charge on any atom is -0.454 e. The predicted molar refractivity (Wildman–Crippen MR) is 89.6 cm³/mol. The molecule has 0 saturated carbocycles. The number of ether oxygens (including phenoxy) is 3. The standard InChI is InChI=1S/C18H20N2O5/c1-11-4-6-14(20(11)3)18(22)23-9-17(21)19-12(2)13-5-7-15-16(8-13)25-10-24-15/h4-8,12H,9-10H2,1-3H3,(H,19,21). The summed E-state index contributed by atoms with van der Waals surface area (Å²) in [7, 11) is 1.77. The number of amides is 1. The molecule has 0 aliphatic carbocycles. The number of carbonyl (C=O) groups excluding carboxylic acids is 2. The first-order valence-electron chi connectivity index (χ1n) is 7.94. The van der Waals surface area contributed by atoms with Gasteiger partial charge in [0.2, 0.25) is 6.79 Å². The smallest absolute Gasteiger partial charge is 0.355 e. The summed E-state index contributed by atoms with van der Waals surface area (Å²) in [5.41, 5.74) is 2.23. The lowest BCUT2D eigenvalue weighted by Crippen LogP contribution is -2.31. The summed E-state index contributed by atoms with van der Waals surface area (Å²) < 4.78 is 17.4. The molecule has 1 amide bonds. The van der Waals surface area contributed by atoms with Crippen molar-refractivity contribution in [3.8, 4) is 11.5 Å². The third-order valence-corrected chi connectivity index (χ3v) is 4.19. The third kappa shape index (κ3) is 3.60. The predicted octanol–water partition coefficient (Wildman–Crippen LogP) is 2.10. The van der Waals surface area contributed by atoms with Crippen LogP contribution in [0.4, 0.5) is 0 Å². The van der Waals surface area contributed by atoms with Crippen LogP contribution in [0.5, 0.6) is 11.5 Å². The lowest BCUT2D eigenvalue weighted by atomic mass is 10.1. The summed E-state index contributed by atoms with van der Waals surface area (Å²) in [6, 6.07) is 8.72. The summed E-state index contributed by atoms with van der Waals surface area (Å²) in [6.07, 6.45) is 0. The second kappa shape index (κ2) is 6.88. The molecule has 25 heavy (non-hydrogen) atoms. The van der Waals surface area contributed by atoms with E-state index < -0.39 is 5.97 Å². The maximum atomic E-state index is 12.0. The zero-order valence-corrected chi connectivity index (χ0v) is 14.4. The van der Waals surface area contributed by atoms with E-state index in [2.05, 4.69) is 5.32 Å². The molecule has 1 aliphatic heterocycles. The molecule has 1 aliphatic rings. The van der Waals surface area contributed by atoms with Gasteiger partial charge in [-0.2, -0.15) is 0 Å². The lowest BCUT2D eigenvalue weighted by Gasteiger charge is -2.15. The van der Waals surface area contributed by atoms with Gasteiger partial charge in [-0.05, 0) is 43.7 Å². The van der Waals surface area contributed by atoms with Gasteiger partial charge in [0.15, 0.2) is 18.1 Å². The number of hydrogen-bond donors (Lipinski definition) is 1. The summed E-state index contributed by atoms with van der Waals surface area (Å²) in [5, 5.41) is 2.79. The Balaban J connectivity index is 1.53. The Kier molecular flexibility index (Phi) is 4.65. The van der Waals surface area contributed by atoms with E-state index in [4.69, 9.17) is 14.2 Å². The molecule has 0 radical (unpaired) electrons. The van der Waals surface area contributed by atoms with Crippen molar-refractivity contribution >= 4 is 11.9 Å². The Hall–Kier alpha value is -2.96. The monoisotopic (exact) mass is 344 g/mol. The van der Waals surface area contributed by atoms with Crippen molar-refractivity contribution in [2.24, 2.45) is 7.05 Å². The van der Waals surface area contributed by atoms with Crippen molar-refractivity contribution in [2.75, 3.05) is 13.4 Å². The van der Waals surface area contributed by atoms with E-state index in [-0.39, 0.29) is 25.3 Å². The topological polar surface area (TPSA) is 78.8 Å². The van der Waals surface area contributed by atoms with Gasteiger partial charge < -0.3 is 24.1 Å². The molecule has 1 atom stereocenters. The second-order valence-corrected chi connectivity index (χ2v) is 5.90. The second-order valence-electron chi connectivity index (χ2n) is 5.90. The molecule has 7 heteroatoms. The van der Waals surface area contributed by atoms with Gasteiger partial charge in [0.25, 0.3) is 5.91 Å². The van der Waals surface area contributed by atoms with E-state index in [1.807, 2.05) is 32.0 Å². The highest BCUT2D eigenvalue weighted by Gasteiger charge is 2.18. The van der Waals surface area contributed by atoms with Crippen LogP contribution in [-0.4, -0.2) is 29.8 Å². The molecule has 1 aromatic heterocycles. The van der Waals surface area contributed by atoms with Crippen LogP contribution in [0.15, 0.2) is 30.3 Å². The number of aromatic nitrogens is 1. The van der Waals surface area contributed by atoms with E-state index in [0.717, 1.165) is 11.3 Å². The van der Waals surface area contributed by atoms with Crippen molar-refractivity contribution < 1.29 is 23.8 Å². The number of esters is 1. The fourth-order valence-corrected chi connectivity index (χ4v) is 2.57. The highest BCUT2D eigenvalue weighted by molar-refractivity contribution is 5.90. The number of fused-ring (bicyclic) bond motifs is 1. The first-order chi connectivity index (χ1) is 12.0. The van der Waals surface area contributed by atoms with Crippen LogP contribution in [0.3, 0.4) is 0 Å². The number of hydrogen-bond acceptors (Lipinski definition) is 5. The van der Waals surface area contributed by atoms with Crippen LogP contribution in [0, 0.1) is 6.92 Å². The molecule has 2 aromatic rings. The molecular weight excluding hydrogens is 324 g/mol. The zero-order chi connectivity index (χ0) is 18.0. The van der Waals surface area contributed by atoms with Crippen LogP contribution >= 0.6 is 0 Å². The van der Waals surface area contributed by atoms with Crippen molar-refractivity contribution in [1.29, 1.82) is 0 Å². The van der Waals surface area contributed by atoms with Gasteiger partial charge in [-0.1, -0.05) is 6.07 Å². The fourth-order valence-electron chi connectivity index (χ4n) is 2.57. The van der Waals surface area contributed by atoms with E-state index in [1.54, 1.807) is 23.7 Å². The van der Waals surface area contributed by atoms with Gasteiger partial charge >= 0.3 is 5.97 Å². The summed E-state index contributed by atoms with van der Waals surface area (Å²) in [6.45, 7) is 3.60. The van der Waals surface area contributed by atoms with E-state index in [1.165, 1.54) is 0 Å². The molecule has 132 valence electrons. The maximum Gasteiger partial charge on any atom is 0.355 e. The molecule has 0 spiro atoms. The summed E-state index contributed by atoms with van der Waals surface area (Å²) in [4.78, 5) is 24.0. The zero-order valence-electron chi connectivity index (χ0n) is 14.4. The molecule has 1 unspecified atom stereocenters. The molecule has 7 nitrogen and oxygen atoms in total. The van der Waals surface area contributed by atoms with Crippen molar-refractivity contribution in [3.05, 3.63) is 47.3 Å². The van der Waals surface area contributed by atoms with Gasteiger partial charge in [-0.3, -0.25) is 4.79 Å². The largest absolute Gasteiger partial charge is 0.454 e. The Labute approximate surface area is 145 Å². The third-order valence-electron chi connectivity index (χ3n) is 4.19. The van der Waals surface area contributed by atoms with Crippen LogP contribution < -0.4 is 14.8 Å². The van der Waals surface area contributed by atoms with Crippen LogP contribution in [-0.2, 0) is 16.6 Å². The number of carbonyl (C=O) groups is 2. The van der Waals surface area contributed by atoms with Crippen molar-refractivity contribution in [2.45, 2.75) is 19.9 Å². The Morgan fingerprint density at radius 2 is 2.00 bits per heavy atom. The molecule has 0 saturated heterocycles. The van der Waals surface area contributed by atoms with Gasteiger partial charge in [0.05, 0.1) is 6.04 Å². The number of nitrogens with one attached hydrogen (secondary N) is 1. The number of aryl methyl sites for hydroxylation is 1. The number of benzene rings is 1. The molecule has 0 bridgehead atoms. The van der Waals surface area contributed by atoms with Crippen molar-refractivity contribution in [3.63, 3.8) is 0 Å². The van der Waals surface area contributed by atoms with Crippen LogP contribution in [0.1, 0.15) is 34.7 Å².